The van der Waals surface area contributed by atoms with Gasteiger partial charge in [-0.15, -0.1) is 46.2 Å². The molecular formula is C25H28Cl2GeZr-2. The molecular weight excluding hydrogens is 535 g/mol. The summed E-state index contributed by atoms with van der Waals surface area (Å²) < 4.78 is 0. The van der Waals surface area contributed by atoms with Crippen molar-refractivity contribution in [2.45, 2.75) is 32.3 Å². The molecule has 4 heteroatoms. The zero-order valence-electron chi connectivity index (χ0n) is 17.8. The third-order valence-electron chi connectivity index (χ3n) is 4.11. The molecule has 0 bridgehead atoms. The first kappa shape index (κ1) is 28.5. The van der Waals surface area contributed by atoms with Crippen molar-refractivity contribution >= 4 is 26.3 Å². The van der Waals surface area contributed by atoms with Crippen LogP contribution >= 0.6 is 0 Å². The number of aryl methyl sites for hydroxylation is 1. The van der Waals surface area contributed by atoms with Crippen molar-refractivity contribution in [1.82, 2.24) is 0 Å². The zero-order chi connectivity index (χ0) is 19.8. The minimum absolute atomic E-state index is 0. The molecule has 3 aromatic rings. The largest absolute Gasteiger partial charge is 1.00 e. The minimum atomic E-state index is -0.243. The molecule has 0 radical (unpaired) electrons. The van der Waals surface area contributed by atoms with Crippen molar-refractivity contribution in [2.24, 2.45) is 5.92 Å². The molecule has 0 fully saturated rings. The van der Waals surface area contributed by atoms with Gasteiger partial charge in [-0.05, 0) is 0 Å². The Kier molecular flexibility index (Phi) is 14.3. The van der Waals surface area contributed by atoms with Gasteiger partial charge in [0.25, 0.3) is 0 Å². The summed E-state index contributed by atoms with van der Waals surface area (Å²) in [6, 6.07) is 23.3. The van der Waals surface area contributed by atoms with E-state index in [4.69, 9.17) is 0 Å². The smallest absolute Gasteiger partial charge is 1.00 e. The fourth-order valence-electron chi connectivity index (χ4n) is 3.07. The summed E-state index contributed by atoms with van der Waals surface area (Å²) in [7, 11) is -0.243. The fraction of sp³-hybridized carbons (Fsp3) is 0.240. The Balaban J connectivity index is 0.000000441. The maximum atomic E-state index is 3.39. The Morgan fingerprint density at radius 1 is 0.931 bits per heavy atom. The van der Waals surface area contributed by atoms with Gasteiger partial charge in [0.05, 0.1) is 0 Å². The average molecular weight is 563 g/mol. The van der Waals surface area contributed by atoms with Crippen LogP contribution in [0.15, 0.2) is 78.4 Å². The summed E-state index contributed by atoms with van der Waals surface area (Å²) in [5, 5.41) is 2.69. The number of allylic oxidation sites excluding steroid dienone is 4. The summed E-state index contributed by atoms with van der Waals surface area (Å²) in [4.78, 5) is 0. The van der Waals surface area contributed by atoms with Crippen molar-refractivity contribution < 1.29 is 46.4 Å². The standard InChI is InChI=1S/C13H13.C10H9.C2H6Ge.2ClH.Zr/c1-10-8-11(2)13(9-10)12-6-4-3-5-7-12;1-8-6-9-4-2-3-5-10(9)7-8;1-3-2;;;/h3-7,9-10H,1-2H3;2-7H,1H3;1-2H3;2*1H;/q2*-1;;;;+2/p-2. The monoisotopic (exact) mass is 562 g/mol. The van der Waals surface area contributed by atoms with Crippen molar-refractivity contribution in [2.75, 3.05) is 0 Å². The Labute approximate surface area is 205 Å². The van der Waals surface area contributed by atoms with Gasteiger partial charge in [-0.1, -0.05) is 63.1 Å². The van der Waals surface area contributed by atoms with Crippen molar-refractivity contribution in [3.8, 4) is 0 Å². The molecule has 0 amide bonds. The third kappa shape index (κ3) is 9.92. The number of fused-ring (bicyclic) bond motifs is 1. The van der Waals surface area contributed by atoms with Gasteiger partial charge >= 0.3 is 43.1 Å². The second-order valence-corrected chi connectivity index (χ2v) is 24.1. The number of hydrogen-bond acceptors (Lipinski definition) is 0. The average Bonchev–Trinajstić information content (AvgIpc) is 3.16. The van der Waals surface area contributed by atoms with Gasteiger partial charge in [0, 0.05) is 0 Å². The first-order chi connectivity index (χ1) is 12.9. The molecule has 0 saturated carbocycles. The quantitative estimate of drug-likeness (QED) is 0.308. The maximum absolute atomic E-state index is 3.39. The minimum Gasteiger partial charge on any atom is -1.00 e. The van der Waals surface area contributed by atoms with E-state index in [9.17, 15) is 0 Å². The van der Waals surface area contributed by atoms with Crippen LogP contribution in [0.25, 0.3) is 16.3 Å². The molecule has 152 valence electrons. The fourth-order valence-corrected chi connectivity index (χ4v) is 3.07. The van der Waals surface area contributed by atoms with E-state index in [0.717, 1.165) is 0 Å². The number of hydrogen-bond donors (Lipinski definition) is 0. The molecule has 0 nitrogen and oxygen atoms in total. The van der Waals surface area contributed by atoms with Gasteiger partial charge in [-0.25, -0.2) is 5.57 Å². The van der Waals surface area contributed by atoms with Crippen LogP contribution in [0.3, 0.4) is 0 Å². The van der Waals surface area contributed by atoms with E-state index in [1.807, 2.05) is 6.07 Å². The van der Waals surface area contributed by atoms with Crippen LogP contribution in [0, 0.1) is 18.9 Å². The summed E-state index contributed by atoms with van der Waals surface area (Å²) in [5.74, 6) is 5.21. The second-order valence-electron chi connectivity index (χ2n) is 7.17. The summed E-state index contributed by atoms with van der Waals surface area (Å²) in [5.41, 5.74) is 5.27. The zero-order valence-corrected chi connectivity index (χ0v) is 23.8. The van der Waals surface area contributed by atoms with Gasteiger partial charge in [0.15, 0.2) is 0 Å². The van der Waals surface area contributed by atoms with E-state index in [1.54, 1.807) is 21.6 Å². The van der Waals surface area contributed by atoms with Gasteiger partial charge in [0.2, 0.25) is 0 Å². The van der Waals surface area contributed by atoms with Gasteiger partial charge in [-0.3, -0.25) is 6.08 Å². The topological polar surface area (TPSA) is 0 Å². The molecule has 0 spiro atoms. The van der Waals surface area contributed by atoms with E-state index in [-0.39, 0.29) is 34.8 Å². The van der Waals surface area contributed by atoms with Crippen LogP contribution in [0.5, 0.6) is 0 Å². The number of halogens is 2. The molecule has 0 aliphatic heterocycles. The van der Waals surface area contributed by atoms with Gasteiger partial charge < -0.3 is 24.8 Å². The molecule has 0 heterocycles. The number of rotatable bonds is 1. The van der Waals surface area contributed by atoms with Crippen LogP contribution in [-0.4, -0.2) is 9.98 Å². The Hall–Kier alpha value is -0.464. The Morgan fingerprint density at radius 3 is 2.00 bits per heavy atom. The summed E-state index contributed by atoms with van der Waals surface area (Å²) >= 11 is 1.80. The number of benzene rings is 2. The third-order valence-corrected chi connectivity index (χ3v) is 4.11. The first-order valence-corrected chi connectivity index (χ1v) is 21.0. The van der Waals surface area contributed by atoms with Crippen molar-refractivity contribution in [1.29, 1.82) is 0 Å². The van der Waals surface area contributed by atoms with E-state index in [1.165, 1.54) is 33.0 Å². The Morgan fingerprint density at radius 2 is 1.48 bits per heavy atom. The van der Waals surface area contributed by atoms with Crippen LogP contribution in [0.1, 0.15) is 25.0 Å². The van der Waals surface area contributed by atoms with E-state index in [0.29, 0.717) is 5.92 Å². The molecule has 0 aromatic heterocycles. The van der Waals surface area contributed by atoms with Gasteiger partial charge in [-0.2, -0.15) is 17.7 Å². The molecule has 29 heavy (non-hydrogen) atoms. The summed E-state index contributed by atoms with van der Waals surface area (Å²) in [6.45, 7) is 6.42. The van der Waals surface area contributed by atoms with Crippen molar-refractivity contribution in [3.63, 3.8) is 0 Å². The SMILES string of the molecule is CC1=[C-]C(C)C=C1c1ccccc1.Cc1cc2ccccc2[cH-]1.[CH3][Ge]([CH3])=[Zr+2].[Cl-].[Cl-]. The van der Waals surface area contributed by atoms with Crippen LogP contribution in [0.4, 0.5) is 0 Å². The van der Waals surface area contributed by atoms with Crippen molar-refractivity contribution in [3.05, 3.63) is 95.6 Å². The van der Waals surface area contributed by atoms with E-state index < -0.39 is 0 Å². The maximum Gasteiger partial charge on any atom is -1.00 e. The van der Waals surface area contributed by atoms with E-state index >= 15 is 0 Å². The summed E-state index contributed by atoms with van der Waals surface area (Å²) in [6.07, 6.45) is 5.66. The van der Waals surface area contributed by atoms with Crippen LogP contribution in [0.2, 0.25) is 11.5 Å². The molecule has 1 atom stereocenters. The van der Waals surface area contributed by atoms with Crippen LogP contribution < -0.4 is 24.8 Å². The van der Waals surface area contributed by atoms with Crippen LogP contribution in [-0.2, 0) is 21.6 Å². The molecule has 1 aliphatic carbocycles. The molecule has 1 unspecified atom stereocenters. The normalized spacial score (nSPS) is 14.1. The second kappa shape index (κ2) is 14.5. The first-order valence-electron chi connectivity index (χ1n) is 9.38. The predicted molar refractivity (Wildman–Crippen MR) is 118 cm³/mol. The molecule has 3 aromatic carbocycles. The molecule has 0 saturated heterocycles. The molecule has 1 aliphatic rings. The molecule has 0 N–H and O–H groups in total. The molecule has 4 rings (SSSR count). The Bertz CT molecular complexity index is 918. The van der Waals surface area contributed by atoms with E-state index in [2.05, 4.69) is 105 Å². The van der Waals surface area contributed by atoms with Gasteiger partial charge in [0.1, 0.15) is 0 Å². The predicted octanol–water partition coefficient (Wildman–Crippen LogP) is 1.13.